The Balaban J connectivity index is 0.00000285. The zero-order valence-electron chi connectivity index (χ0n) is 37.0. The Morgan fingerprint density at radius 3 is 2.23 bits per heavy atom. The van der Waals surface area contributed by atoms with E-state index in [-0.39, 0.29) is 17.4 Å². The summed E-state index contributed by atoms with van der Waals surface area (Å²) in [5, 5.41) is 10.3. The number of amides is 1. The average molecular weight is 841 g/mol. The van der Waals surface area contributed by atoms with Gasteiger partial charge in [0, 0.05) is 86.5 Å². The maximum atomic E-state index is 13.5. The van der Waals surface area contributed by atoms with E-state index in [0.29, 0.717) is 60.1 Å². The first kappa shape index (κ1) is 44.2. The molecule has 0 spiro atoms. The van der Waals surface area contributed by atoms with E-state index >= 15 is 0 Å². The lowest BCUT2D eigenvalue weighted by Gasteiger charge is -2.37. The van der Waals surface area contributed by atoms with Crippen LogP contribution in [0.1, 0.15) is 101 Å². The van der Waals surface area contributed by atoms with Crippen LogP contribution in [0.5, 0.6) is 0 Å². The number of aryl methyl sites for hydroxylation is 1. The van der Waals surface area contributed by atoms with Gasteiger partial charge in [-0.3, -0.25) is 9.59 Å². The van der Waals surface area contributed by atoms with Crippen molar-refractivity contribution in [1.29, 1.82) is 0 Å². The lowest BCUT2D eigenvalue weighted by Crippen LogP contribution is -2.45. The van der Waals surface area contributed by atoms with Gasteiger partial charge in [-0.05, 0) is 117 Å². The van der Waals surface area contributed by atoms with Gasteiger partial charge in [-0.25, -0.2) is 19.3 Å². The van der Waals surface area contributed by atoms with Gasteiger partial charge >= 0.3 is 0 Å². The molecule has 1 amide bonds. The molecule has 13 heteroatoms. The van der Waals surface area contributed by atoms with E-state index in [2.05, 4.69) is 86.7 Å². The molecule has 0 bridgehead atoms. The van der Waals surface area contributed by atoms with Crippen molar-refractivity contribution in [2.75, 3.05) is 54.9 Å². The van der Waals surface area contributed by atoms with E-state index in [4.69, 9.17) is 9.97 Å². The summed E-state index contributed by atoms with van der Waals surface area (Å²) >= 11 is 0. The molecule has 2 aromatic carbocycles. The summed E-state index contributed by atoms with van der Waals surface area (Å²) in [6.07, 6.45) is 12.9. The van der Waals surface area contributed by atoms with Gasteiger partial charge in [0.2, 0.25) is 11.9 Å². The van der Waals surface area contributed by atoms with Gasteiger partial charge < -0.3 is 30.5 Å². The van der Waals surface area contributed by atoms with Crippen LogP contribution in [0.4, 0.5) is 23.0 Å². The van der Waals surface area contributed by atoms with Crippen LogP contribution in [-0.4, -0.2) is 82.3 Å². The second-order valence-corrected chi connectivity index (χ2v) is 16.6. The number of nitrogens with one attached hydrogen (secondary N) is 3. The van der Waals surface area contributed by atoms with Gasteiger partial charge in [-0.1, -0.05) is 45.0 Å². The summed E-state index contributed by atoms with van der Waals surface area (Å²) in [7, 11) is 1.62. The number of carbonyl (C=O) groups is 2. The number of aromatic nitrogens is 5. The number of hydrogen-bond acceptors (Lipinski definition) is 10. The van der Waals surface area contributed by atoms with Gasteiger partial charge in [0.05, 0.1) is 6.54 Å². The molecule has 3 N–H and O–H groups in total. The minimum atomic E-state index is -0.260. The van der Waals surface area contributed by atoms with Crippen molar-refractivity contribution >= 4 is 46.2 Å². The molecule has 5 aromatic rings. The van der Waals surface area contributed by atoms with Crippen molar-refractivity contribution in [2.45, 2.75) is 103 Å². The molecule has 5 heterocycles. The van der Waals surface area contributed by atoms with Crippen LogP contribution in [0.2, 0.25) is 0 Å². The average Bonchev–Trinajstić information content (AvgIpc) is 3.86. The lowest BCUT2D eigenvalue weighted by molar-refractivity contribution is -0.120. The van der Waals surface area contributed by atoms with E-state index in [1.807, 2.05) is 36.7 Å². The Bertz CT molecular complexity index is 2340. The lowest BCUT2D eigenvalue weighted by atomic mass is 9.94. The predicted octanol–water partition coefficient (Wildman–Crippen LogP) is 7.66. The number of piperidine rings is 2. The summed E-state index contributed by atoms with van der Waals surface area (Å²) in [6, 6.07) is 21.4. The van der Waals surface area contributed by atoms with Crippen molar-refractivity contribution < 1.29 is 9.59 Å². The highest BCUT2D eigenvalue weighted by Crippen LogP contribution is 2.35. The van der Waals surface area contributed by atoms with Crippen molar-refractivity contribution in [3.8, 4) is 5.82 Å². The van der Waals surface area contributed by atoms with Gasteiger partial charge in [-0.15, -0.1) is 6.58 Å². The van der Waals surface area contributed by atoms with E-state index in [1.165, 1.54) is 16.9 Å². The standard InChI is InChI=1S/C47H58N10O3.C2H6/c1-4-24-56-46(60)41-30-50-47(53-45(41)57(56)42-18-10-35-7-6-33(5-2)44(35)52-42)51-38-12-16-40(17-13-38)54-25-20-32(21-26-54)29-49-37-22-27-55(28-23-37)39-14-8-34(9-15-39)36(31-58)11-19-43(59)48-3;1-2/h4,8-10,12-18,30-33,36-37,49H,1,5-7,11,19-29H2,2-3H3,(H,48,59)(H,50,51,53);1-2H3. The summed E-state index contributed by atoms with van der Waals surface area (Å²) in [4.78, 5) is 56.2. The predicted molar refractivity (Wildman–Crippen MR) is 250 cm³/mol. The summed E-state index contributed by atoms with van der Waals surface area (Å²) in [5.41, 5.74) is 7.00. The molecule has 2 atom stereocenters. The fourth-order valence-corrected chi connectivity index (χ4v) is 9.26. The number of carbonyl (C=O) groups excluding carboxylic acids is 2. The van der Waals surface area contributed by atoms with Crippen molar-refractivity contribution in [3.63, 3.8) is 0 Å². The molecule has 2 unspecified atom stereocenters. The minimum Gasteiger partial charge on any atom is -0.372 e. The number of benzene rings is 2. The molecule has 2 aliphatic heterocycles. The van der Waals surface area contributed by atoms with E-state index in [9.17, 15) is 14.4 Å². The Morgan fingerprint density at radius 1 is 0.903 bits per heavy atom. The molecule has 62 heavy (non-hydrogen) atoms. The highest BCUT2D eigenvalue weighted by atomic mass is 16.1. The van der Waals surface area contributed by atoms with Crippen LogP contribution in [-0.2, 0) is 22.6 Å². The van der Waals surface area contributed by atoms with Crippen molar-refractivity contribution in [1.82, 2.24) is 34.9 Å². The third-order valence-electron chi connectivity index (χ3n) is 12.9. The number of fused-ring (bicyclic) bond motifs is 2. The fourth-order valence-electron chi connectivity index (χ4n) is 9.26. The monoisotopic (exact) mass is 841 g/mol. The maximum Gasteiger partial charge on any atom is 0.278 e. The molecule has 0 radical (unpaired) electrons. The van der Waals surface area contributed by atoms with Crippen LogP contribution >= 0.6 is 0 Å². The summed E-state index contributed by atoms with van der Waals surface area (Å²) < 4.78 is 3.45. The summed E-state index contributed by atoms with van der Waals surface area (Å²) in [6.45, 7) is 15.5. The number of pyridine rings is 1. The zero-order valence-corrected chi connectivity index (χ0v) is 37.0. The first-order chi connectivity index (χ1) is 30.3. The van der Waals surface area contributed by atoms with Crippen molar-refractivity contribution in [2.24, 2.45) is 5.92 Å². The number of nitrogens with zero attached hydrogens (tertiary/aromatic N) is 7. The number of hydrogen-bond donors (Lipinski definition) is 3. The van der Waals surface area contributed by atoms with Crippen molar-refractivity contribution in [3.05, 3.63) is 107 Å². The fraction of sp³-hybridized carbons (Fsp3) is 0.469. The molecule has 1 aliphatic carbocycles. The molecule has 0 saturated carbocycles. The first-order valence-corrected chi connectivity index (χ1v) is 22.8. The first-order valence-electron chi connectivity index (χ1n) is 22.8. The molecule has 13 nitrogen and oxygen atoms in total. The zero-order chi connectivity index (χ0) is 43.6. The van der Waals surface area contributed by atoms with Crippen LogP contribution < -0.4 is 31.3 Å². The number of aldehydes is 1. The summed E-state index contributed by atoms with van der Waals surface area (Å²) in [5.74, 6) is 1.89. The Kier molecular flexibility index (Phi) is 14.9. The van der Waals surface area contributed by atoms with Crippen LogP contribution in [0, 0.1) is 5.92 Å². The SMILES string of the molecule is C=CCn1c(=O)c2cnc(Nc3ccc(N4CCC(CNC5CCN(c6ccc(C(C=O)CCC(=O)NC)cc6)CC5)CC4)cc3)nc2n1-c1ccc2c(n1)C(CC)CC2.CC. The third kappa shape index (κ3) is 9.94. The normalized spacial score (nSPS) is 17.3. The molecule has 3 aliphatic rings. The molecule has 2 saturated heterocycles. The van der Waals surface area contributed by atoms with Crippen LogP contribution in [0.15, 0.2) is 84.3 Å². The Labute approximate surface area is 366 Å². The molecule has 328 valence electrons. The van der Waals surface area contributed by atoms with E-state index < -0.39 is 0 Å². The van der Waals surface area contributed by atoms with Crippen LogP contribution in [0.3, 0.4) is 0 Å². The molecule has 8 rings (SSSR count). The number of rotatable bonds is 16. The Morgan fingerprint density at radius 2 is 1.58 bits per heavy atom. The highest BCUT2D eigenvalue weighted by molar-refractivity contribution is 5.77. The smallest absolute Gasteiger partial charge is 0.278 e. The van der Waals surface area contributed by atoms with Gasteiger partial charge in [0.25, 0.3) is 5.56 Å². The second kappa shape index (κ2) is 20.8. The Hall–Kier alpha value is -5.82. The third-order valence-corrected chi connectivity index (χ3v) is 12.9. The van der Waals surface area contributed by atoms with E-state index in [0.717, 1.165) is 101 Å². The van der Waals surface area contributed by atoms with E-state index in [1.54, 1.807) is 24.0 Å². The molecular weight excluding hydrogens is 777 g/mol. The largest absolute Gasteiger partial charge is 0.372 e. The number of anilines is 4. The maximum absolute atomic E-state index is 13.5. The number of allylic oxidation sites excluding steroid dienone is 1. The highest BCUT2D eigenvalue weighted by Gasteiger charge is 2.26. The second-order valence-electron chi connectivity index (χ2n) is 16.6. The molecule has 3 aromatic heterocycles. The van der Waals surface area contributed by atoms with Gasteiger partial charge in [0.1, 0.15) is 11.7 Å². The quantitative estimate of drug-likeness (QED) is 0.0670. The topological polar surface area (TPSA) is 142 Å². The minimum absolute atomic E-state index is 0.0416. The molecular formula is C49H64N10O3. The van der Waals surface area contributed by atoms with Crippen LogP contribution in [0.25, 0.3) is 16.9 Å². The van der Waals surface area contributed by atoms with Gasteiger partial charge in [0.15, 0.2) is 11.5 Å². The van der Waals surface area contributed by atoms with Gasteiger partial charge in [-0.2, -0.15) is 4.98 Å². The molecule has 2 fully saturated rings.